The van der Waals surface area contributed by atoms with E-state index in [-0.39, 0.29) is 11.8 Å². The average Bonchev–Trinajstić information content (AvgIpc) is 2.31. The molecule has 0 saturated carbocycles. The third kappa shape index (κ3) is 2.49. The third-order valence-corrected chi connectivity index (χ3v) is 2.98. The van der Waals surface area contributed by atoms with Gasteiger partial charge in [-0.25, -0.2) is 0 Å². The Kier molecular flexibility index (Phi) is 3.72. The predicted molar refractivity (Wildman–Crippen MR) is 58.3 cm³/mol. The number of carbonyl (C=O) groups excluding carboxylic acids is 2. The zero-order valence-electron chi connectivity index (χ0n) is 9.80. The van der Waals surface area contributed by atoms with Crippen LogP contribution in [0.5, 0.6) is 0 Å². The molecule has 0 aromatic rings. The molecule has 4 heteroatoms. The van der Waals surface area contributed by atoms with Crippen LogP contribution in [-0.4, -0.2) is 35.3 Å². The summed E-state index contributed by atoms with van der Waals surface area (Å²) in [6.07, 6.45) is 1.98. The molecule has 15 heavy (non-hydrogen) atoms. The molecule has 86 valence electrons. The molecule has 4 nitrogen and oxygen atoms in total. The van der Waals surface area contributed by atoms with E-state index >= 15 is 0 Å². The van der Waals surface area contributed by atoms with Crippen LogP contribution in [0, 0.1) is 0 Å². The zero-order valence-corrected chi connectivity index (χ0v) is 9.80. The molecule has 0 aromatic carbocycles. The van der Waals surface area contributed by atoms with Crippen molar-refractivity contribution in [3.63, 3.8) is 0 Å². The maximum atomic E-state index is 12.1. The lowest BCUT2D eigenvalue weighted by Crippen LogP contribution is -2.54. The van der Waals surface area contributed by atoms with E-state index in [0.717, 1.165) is 13.0 Å². The van der Waals surface area contributed by atoms with E-state index in [1.165, 1.54) is 0 Å². The fourth-order valence-electron chi connectivity index (χ4n) is 1.83. The van der Waals surface area contributed by atoms with E-state index < -0.39 is 5.54 Å². The van der Waals surface area contributed by atoms with Crippen LogP contribution in [0.2, 0.25) is 0 Å². The minimum atomic E-state index is -0.706. The smallest absolute Gasteiger partial charge is 0.248 e. The van der Waals surface area contributed by atoms with E-state index in [1.54, 1.807) is 11.8 Å². The molecule has 0 aliphatic carbocycles. The van der Waals surface area contributed by atoms with Crippen molar-refractivity contribution in [2.24, 2.45) is 0 Å². The lowest BCUT2D eigenvalue weighted by molar-refractivity contribution is -0.138. The van der Waals surface area contributed by atoms with Crippen molar-refractivity contribution >= 4 is 11.8 Å². The molecule has 1 aliphatic heterocycles. The summed E-state index contributed by atoms with van der Waals surface area (Å²) in [5.41, 5.74) is -0.706. The second-order valence-corrected chi connectivity index (χ2v) is 4.28. The molecule has 2 amide bonds. The van der Waals surface area contributed by atoms with Crippen LogP contribution >= 0.6 is 0 Å². The van der Waals surface area contributed by atoms with Crippen molar-refractivity contribution in [1.82, 2.24) is 10.2 Å². The number of carbonyl (C=O) groups is 2. The fourth-order valence-corrected chi connectivity index (χ4v) is 1.83. The number of amides is 2. The van der Waals surface area contributed by atoms with Gasteiger partial charge in [0.15, 0.2) is 0 Å². The molecule has 0 bridgehead atoms. The van der Waals surface area contributed by atoms with Gasteiger partial charge in [0.2, 0.25) is 11.8 Å². The van der Waals surface area contributed by atoms with E-state index in [0.29, 0.717) is 19.4 Å². The van der Waals surface area contributed by atoms with Crippen LogP contribution in [0.3, 0.4) is 0 Å². The van der Waals surface area contributed by atoms with Gasteiger partial charge in [0.25, 0.3) is 0 Å². The van der Waals surface area contributed by atoms with Crippen LogP contribution in [0.1, 0.15) is 40.0 Å². The van der Waals surface area contributed by atoms with Gasteiger partial charge in [0.1, 0.15) is 5.54 Å². The number of hydrogen-bond acceptors (Lipinski definition) is 2. The Hall–Kier alpha value is -1.06. The SMILES string of the molecule is CCCN1CCC(=O)NC(C)(CC)C1=O. The van der Waals surface area contributed by atoms with Crippen LogP contribution in [-0.2, 0) is 9.59 Å². The summed E-state index contributed by atoms with van der Waals surface area (Å²) >= 11 is 0. The minimum Gasteiger partial charge on any atom is -0.342 e. The summed E-state index contributed by atoms with van der Waals surface area (Å²) < 4.78 is 0. The largest absolute Gasteiger partial charge is 0.342 e. The number of nitrogens with one attached hydrogen (secondary N) is 1. The highest BCUT2D eigenvalue weighted by atomic mass is 16.2. The second-order valence-electron chi connectivity index (χ2n) is 4.28. The molecule has 0 aromatic heterocycles. The van der Waals surface area contributed by atoms with Crippen molar-refractivity contribution < 1.29 is 9.59 Å². The van der Waals surface area contributed by atoms with Crippen molar-refractivity contribution in [1.29, 1.82) is 0 Å². The summed E-state index contributed by atoms with van der Waals surface area (Å²) in [5.74, 6) is 0.0315. The molecule has 1 unspecified atom stereocenters. The average molecular weight is 212 g/mol. The van der Waals surface area contributed by atoms with Crippen molar-refractivity contribution in [3.8, 4) is 0 Å². The highest BCUT2D eigenvalue weighted by Gasteiger charge is 2.38. The fraction of sp³-hybridized carbons (Fsp3) is 0.818. The number of nitrogens with zero attached hydrogens (tertiary/aromatic N) is 1. The third-order valence-electron chi connectivity index (χ3n) is 2.98. The van der Waals surface area contributed by atoms with Gasteiger partial charge in [-0.05, 0) is 19.8 Å². The molecule has 1 saturated heterocycles. The predicted octanol–water partition coefficient (Wildman–Crippen LogP) is 0.914. The van der Waals surface area contributed by atoms with Gasteiger partial charge in [0, 0.05) is 19.5 Å². The van der Waals surface area contributed by atoms with E-state index in [9.17, 15) is 9.59 Å². The quantitative estimate of drug-likeness (QED) is 0.756. The van der Waals surface area contributed by atoms with Crippen LogP contribution in [0.15, 0.2) is 0 Å². The normalized spacial score (nSPS) is 27.5. The molecule has 1 fully saturated rings. The monoisotopic (exact) mass is 212 g/mol. The van der Waals surface area contributed by atoms with Crippen molar-refractivity contribution in [2.45, 2.75) is 45.6 Å². The Morgan fingerprint density at radius 3 is 2.60 bits per heavy atom. The minimum absolute atomic E-state index is 0.0219. The molecule has 1 atom stereocenters. The van der Waals surface area contributed by atoms with E-state index in [2.05, 4.69) is 5.32 Å². The van der Waals surface area contributed by atoms with Gasteiger partial charge in [0.05, 0.1) is 0 Å². The first-order chi connectivity index (χ1) is 7.03. The molecular formula is C11H20N2O2. The zero-order chi connectivity index (χ0) is 11.5. The summed E-state index contributed by atoms with van der Waals surface area (Å²) in [6, 6.07) is 0. The summed E-state index contributed by atoms with van der Waals surface area (Å²) in [7, 11) is 0. The highest BCUT2D eigenvalue weighted by Crippen LogP contribution is 2.17. The van der Waals surface area contributed by atoms with Crippen molar-refractivity contribution in [3.05, 3.63) is 0 Å². The van der Waals surface area contributed by atoms with Gasteiger partial charge in [-0.15, -0.1) is 0 Å². The van der Waals surface area contributed by atoms with Gasteiger partial charge >= 0.3 is 0 Å². The summed E-state index contributed by atoms with van der Waals surface area (Å²) in [5, 5.41) is 2.81. The van der Waals surface area contributed by atoms with Crippen LogP contribution in [0.25, 0.3) is 0 Å². The van der Waals surface area contributed by atoms with E-state index in [1.807, 2.05) is 13.8 Å². The first-order valence-corrected chi connectivity index (χ1v) is 5.64. The van der Waals surface area contributed by atoms with Gasteiger partial charge in [-0.1, -0.05) is 13.8 Å². The van der Waals surface area contributed by atoms with Crippen LogP contribution < -0.4 is 5.32 Å². The molecule has 1 heterocycles. The molecule has 1 aliphatic rings. The Labute approximate surface area is 91.0 Å². The Morgan fingerprint density at radius 2 is 2.07 bits per heavy atom. The first kappa shape index (κ1) is 12.0. The molecule has 0 spiro atoms. The Morgan fingerprint density at radius 1 is 1.40 bits per heavy atom. The van der Waals surface area contributed by atoms with Gasteiger partial charge in [-0.2, -0.15) is 0 Å². The lowest BCUT2D eigenvalue weighted by atomic mass is 9.97. The maximum Gasteiger partial charge on any atom is 0.248 e. The van der Waals surface area contributed by atoms with Crippen molar-refractivity contribution in [2.75, 3.05) is 13.1 Å². The molecule has 1 rings (SSSR count). The van der Waals surface area contributed by atoms with E-state index in [4.69, 9.17) is 0 Å². The second kappa shape index (κ2) is 4.64. The molecule has 0 radical (unpaired) electrons. The lowest BCUT2D eigenvalue weighted by Gasteiger charge is -2.30. The Balaban J connectivity index is 2.87. The molecule has 1 N–H and O–H groups in total. The first-order valence-electron chi connectivity index (χ1n) is 5.64. The van der Waals surface area contributed by atoms with Gasteiger partial charge < -0.3 is 10.2 Å². The Bertz CT molecular complexity index is 265. The topological polar surface area (TPSA) is 49.4 Å². The number of hydrogen-bond donors (Lipinski definition) is 1. The summed E-state index contributed by atoms with van der Waals surface area (Å²) in [4.78, 5) is 25.4. The maximum absolute atomic E-state index is 12.1. The van der Waals surface area contributed by atoms with Crippen LogP contribution in [0.4, 0.5) is 0 Å². The van der Waals surface area contributed by atoms with Gasteiger partial charge in [-0.3, -0.25) is 9.59 Å². The highest BCUT2D eigenvalue weighted by molar-refractivity contribution is 5.93. The standard InChI is InChI=1S/C11H20N2O2/c1-4-7-13-8-6-9(14)12-11(3,5-2)10(13)15/h4-8H2,1-3H3,(H,12,14). The summed E-state index contributed by atoms with van der Waals surface area (Å²) in [6.45, 7) is 7.06. The molecular weight excluding hydrogens is 192 g/mol. The number of rotatable bonds is 3.